The summed E-state index contributed by atoms with van der Waals surface area (Å²) in [5.74, 6) is 0.614. The standard InChI is InChI=1S/C10H10N4S/c1-6-8(5-11)14-10(12-6)15-9(13-14)7-3-2-4-7/h7H,2-4H2,1H3. The highest BCUT2D eigenvalue weighted by molar-refractivity contribution is 7.16. The van der Waals surface area contributed by atoms with Crippen molar-refractivity contribution in [2.45, 2.75) is 32.1 Å². The molecule has 3 rings (SSSR count). The largest absolute Gasteiger partial charge is 0.221 e. The molecule has 0 radical (unpaired) electrons. The molecule has 0 saturated heterocycles. The Labute approximate surface area is 91.2 Å². The number of fused-ring (bicyclic) bond motifs is 1. The quantitative estimate of drug-likeness (QED) is 0.737. The normalized spacial score (nSPS) is 16.5. The summed E-state index contributed by atoms with van der Waals surface area (Å²) in [6, 6.07) is 2.15. The molecule has 15 heavy (non-hydrogen) atoms. The van der Waals surface area contributed by atoms with Gasteiger partial charge >= 0.3 is 0 Å². The van der Waals surface area contributed by atoms with E-state index in [1.54, 1.807) is 15.9 Å². The van der Waals surface area contributed by atoms with Gasteiger partial charge in [-0.2, -0.15) is 14.9 Å². The highest BCUT2D eigenvalue weighted by atomic mass is 32.1. The van der Waals surface area contributed by atoms with Crippen LogP contribution in [0.5, 0.6) is 0 Å². The fourth-order valence-electron chi connectivity index (χ4n) is 1.81. The zero-order valence-electron chi connectivity index (χ0n) is 8.40. The monoisotopic (exact) mass is 218 g/mol. The van der Waals surface area contributed by atoms with Crippen molar-refractivity contribution in [3.63, 3.8) is 0 Å². The number of rotatable bonds is 1. The fourth-order valence-corrected chi connectivity index (χ4v) is 2.93. The summed E-state index contributed by atoms with van der Waals surface area (Å²) in [6.45, 7) is 1.85. The van der Waals surface area contributed by atoms with E-state index < -0.39 is 0 Å². The Morgan fingerprint density at radius 3 is 2.93 bits per heavy atom. The zero-order valence-corrected chi connectivity index (χ0v) is 9.21. The first-order valence-electron chi connectivity index (χ1n) is 5.06. The molecule has 0 unspecified atom stereocenters. The van der Waals surface area contributed by atoms with Crippen molar-refractivity contribution in [3.8, 4) is 6.07 Å². The predicted molar refractivity (Wildman–Crippen MR) is 56.9 cm³/mol. The summed E-state index contributed by atoms with van der Waals surface area (Å²) in [5.41, 5.74) is 1.35. The smallest absolute Gasteiger partial charge is 0.213 e. The van der Waals surface area contributed by atoms with Gasteiger partial charge in [-0.1, -0.05) is 17.8 Å². The summed E-state index contributed by atoms with van der Waals surface area (Å²) < 4.78 is 1.69. The van der Waals surface area contributed by atoms with Crippen LogP contribution < -0.4 is 0 Å². The predicted octanol–water partition coefficient (Wildman–Crippen LogP) is 2.24. The Morgan fingerprint density at radius 2 is 2.33 bits per heavy atom. The lowest BCUT2D eigenvalue weighted by atomic mass is 9.86. The second-order valence-corrected chi connectivity index (χ2v) is 4.91. The van der Waals surface area contributed by atoms with Gasteiger partial charge in [-0.25, -0.2) is 4.98 Å². The maximum Gasteiger partial charge on any atom is 0.213 e. The van der Waals surface area contributed by atoms with Crippen molar-refractivity contribution < 1.29 is 0 Å². The lowest BCUT2D eigenvalue weighted by Crippen LogP contribution is -2.08. The minimum Gasteiger partial charge on any atom is -0.221 e. The molecular formula is C10H10N4S. The molecule has 0 aliphatic heterocycles. The zero-order chi connectivity index (χ0) is 10.4. The van der Waals surface area contributed by atoms with Crippen LogP contribution in [0.15, 0.2) is 0 Å². The number of aromatic nitrogens is 3. The molecule has 4 nitrogen and oxygen atoms in total. The maximum absolute atomic E-state index is 8.98. The Hall–Kier alpha value is -1.41. The molecule has 0 spiro atoms. The Balaban J connectivity index is 2.15. The van der Waals surface area contributed by atoms with Crippen LogP contribution in [-0.2, 0) is 0 Å². The summed E-state index contributed by atoms with van der Waals surface area (Å²) in [4.78, 5) is 5.19. The number of aryl methyl sites for hydroxylation is 1. The summed E-state index contributed by atoms with van der Waals surface area (Å²) in [6.07, 6.45) is 3.77. The van der Waals surface area contributed by atoms with E-state index in [0.29, 0.717) is 11.6 Å². The van der Waals surface area contributed by atoms with Crippen molar-refractivity contribution in [1.82, 2.24) is 14.6 Å². The molecule has 1 aliphatic rings. The number of nitriles is 1. The van der Waals surface area contributed by atoms with Crippen LogP contribution in [0.1, 0.15) is 41.6 Å². The van der Waals surface area contributed by atoms with E-state index in [1.165, 1.54) is 19.3 Å². The van der Waals surface area contributed by atoms with Crippen molar-refractivity contribution >= 4 is 16.3 Å². The van der Waals surface area contributed by atoms with Gasteiger partial charge in [0.15, 0.2) is 5.69 Å². The van der Waals surface area contributed by atoms with Crippen LogP contribution in [-0.4, -0.2) is 14.6 Å². The van der Waals surface area contributed by atoms with Crippen LogP contribution in [0, 0.1) is 18.3 Å². The average Bonchev–Trinajstić information content (AvgIpc) is 2.57. The fraction of sp³-hybridized carbons (Fsp3) is 0.500. The lowest BCUT2D eigenvalue weighted by molar-refractivity contribution is 0.415. The third-order valence-electron chi connectivity index (χ3n) is 2.95. The van der Waals surface area contributed by atoms with Gasteiger partial charge in [0, 0.05) is 5.92 Å². The molecule has 0 atom stereocenters. The number of nitrogens with zero attached hydrogens (tertiary/aromatic N) is 4. The summed E-state index contributed by atoms with van der Waals surface area (Å²) in [7, 11) is 0. The first-order valence-corrected chi connectivity index (χ1v) is 5.87. The van der Waals surface area contributed by atoms with Gasteiger partial charge in [0.1, 0.15) is 11.1 Å². The highest BCUT2D eigenvalue weighted by Crippen LogP contribution is 2.38. The van der Waals surface area contributed by atoms with Crippen LogP contribution in [0.3, 0.4) is 0 Å². The topological polar surface area (TPSA) is 54.0 Å². The molecule has 5 heteroatoms. The van der Waals surface area contributed by atoms with Crippen molar-refractivity contribution in [1.29, 1.82) is 5.26 Å². The minimum atomic E-state index is 0.576. The van der Waals surface area contributed by atoms with Crippen molar-refractivity contribution in [2.24, 2.45) is 0 Å². The lowest BCUT2D eigenvalue weighted by Gasteiger charge is -2.21. The molecule has 2 heterocycles. The van der Waals surface area contributed by atoms with Crippen molar-refractivity contribution in [3.05, 3.63) is 16.4 Å². The maximum atomic E-state index is 8.98. The van der Waals surface area contributed by atoms with E-state index in [1.807, 2.05) is 6.92 Å². The van der Waals surface area contributed by atoms with Gasteiger partial charge in [0.25, 0.3) is 0 Å². The molecule has 0 amide bonds. The molecule has 1 saturated carbocycles. The van der Waals surface area contributed by atoms with Crippen LogP contribution in [0.2, 0.25) is 0 Å². The molecular weight excluding hydrogens is 208 g/mol. The van der Waals surface area contributed by atoms with E-state index in [9.17, 15) is 0 Å². The number of hydrogen-bond donors (Lipinski definition) is 0. The second kappa shape index (κ2) is 3.04. The number of hydrogen-bond acceptors (Lipinski definition) is 4. The third-order valence-corrected chi connectivity index (χ3v) is 4.02. The summed E-state index contributed by atoms with van der Waals surface area (Å²) in [5, 5.41) is 14.6. The van der Waals surface area contributed by atoms with Gasteiger partial charge in [-0.15, -0.1) is 0 Å². The van der Waals surface area contributed by atoms with Gasteiger partial charge < -0.3 is 0 Å². The van der Waals surface area contributed by atoms with Gasteiger partial charge in [0.2, 0.25) is 4.96 Å². The molecule has 0 bridgehead atoms. The average molecular weight is 218 g/mol. The molecule has 76 valence electrons. The molecule has 2 aromatic rings. The first-order chi connectivity index (χ1) is 7.29. The van der Waals surface area contributed by atoms with E-state index >= 15 is 0 Å². The van der Waals surface area contributed by atoms with Gasteiger partial charge in [-0.05, 0) is 19.8 Å². The summed E-state index contributed by atoms with van der Waals surface area (Å²) >= 11 is 1.62. The Kier molecular flexibility index (Phi) is 1.80. The highest BCUT2D eigenvalue weighted by Gasteiger charge is 2.24. The van der Waals surface area contributed by atoms with Crippen LogP contribution in [0.4, 0.5) is 0 Å². The molecule has 1 aliphatic carbocycles. The second-order valence-electron chi connectivity index (χ2n) is 3.92. The van der Waals surface area contributed by atoms with Crippen LogP contribution >= 0.6 is 11.3 Å². The van der Waals surface area contributed by atoms with Gasteiger partial charge in [-0.3, -0.25) is 0 Å². The van der Waals surface area contributed by atoms with E-state index in [0.717, 1.165) is 15.7 Å². The number of imidazole rings is 1. The van der Waals surface area contributed by atoms with Crippen LogP contribution in [0.25, 0.3) is 4.96 Å². The van der Waals surface area contributed by atoms with E-state index in [4.69, 9.17) is 5.26 Å². The van der Waals surface area contributed by atoms with Crippen molar-refractivity contribution in [2.75, 3.05) is 0 Å². The Morgan fingerprint density at radius 1 is 1.53 bits per heavy atom. The molecule has 2 aromatic heterocycles. The van der Waals surface area contributed by atoms with E-state index in [-0.39, 0.29) is 0 Å². The van der Waals surface area contributed by atoms with E-state index in [2.05, 4.69) is 16.2 Å². The first kappa shape index (κ1) is 8.86. The molecule has 0 N–H and O–H groups in total. The molecule has 0 aromatic carbocycles. The SMILES string of the molecule is Cc1nc2sc(C3CCC3)nn2c1C#N. The van der Waals surface area contributed by atoms with Gasteiger partial charge in [0.05, 0.1) is 5.69 Å². The Bertz CT molecular complexity index is 556. The molecule has 1 fully saturated rings. The minimum absolute atomic E-state index is 0.576. The third kappa shape index (κ3) is 1.18.